The number of amides is 1. The van der Waals surface area contributed by atoms with Crippen LogP contribution in [0.4, 0.5) is 0 Å². The lowest BCUT2D eigenvalue weighted by molar-refractivity contribution is -1.08. The average Bonchev–Trinajstić information content (AvgIpc) is 3.26. The van der Waals surface area contributed by atoms with E-state index in [1.165, 1.54) is 78.2 Å². The Morgan fingerprint density at radius 1 is 1.12 bits per heavy atom. The summed E-state index contributed by atoms with van der Waals surface area (Å²) in [4.78, 5) is 26.5. The van der Waals surface area contributed by atoms with Gasteiger partial charge in [0.1, 0.15) is 56.8 Å². The summed E-state index contributed by atoms with van der Waals surface area (Å²) in [7, 11) is 0. The maximum Gasteiger partial charge on any atom is 0.352 e. The van der Waals surface area contributed by atoms with Crippen LogP contribution in [0.3, 0.4) is 0 Å². The number of nitrogens with two attached hydrogens (primary N) is 1. The number of nitrogens with zero attached hydrogens (tertiary/aromatic N) is 3. The summed E-state index contributed by atoms with van der Waals surface area (Å²) >= 11 is 2.33. The molecule has 1 aromatic rings. The van der Waals surface area contributed by atoms with Crippen molar-refractivity contribution in [2.45, 2.75) is 63.7 Å². The molecule has 9 nitrogen and oxygen atoms in total. The van der Waals surface area contributed by atoms with E-state index in [4.69, 9.17) is 10.5 Å². The first-order valence-corrected chi connectivity index (χ1v) is 16.6. The largest absolute Gasteiger partial charge is 0.485 e. The number of carbonyl (C=O) groups is 2. The molecule has 0 spiro atoms. The van der Waals surface area contributed by atoms with E-state index in [0.717, 1.165) is 53.5 Å². The van der Waals surface area contributed by atoms with Crippen molar-refractivity contribution in [2.24, 2.45) is 17.6 Å². The number of hydrogen-bond acceptors (Lipinski definition) is 5. The van der Waals surface area contributed by atoms with Crippen molar-refractivity contribution >= 4 is 34.5 Å². The maximum absolute atomic E-state index is 12.8. The molecule has 5 aliphatic heterocycles. The third-order valence-electron chi connectivity index (χ3n) is 10.9. The molecule has 6 aliphatic rings. The van der Waals surface area contributed by atoms with Gasteiger partial charge in [0.2, 0.25) is 5.91 Å². The van der Waals surface area contributed by atoms with Crippen LogP contribution in [0.2, 0.25) is 0 Å². The first kappa shape index (κ1) is 29.3. The summed E-state index contributed by atoms with van der Waals surface area (Å²) in [5.41, 5.74) is 7.91. The van der Waals surface area contributed by atoms with Gasteiger partial charge in [-0.05, 0) is 79.4 Å². The topological polar surface area (TPSA) is 113 Å². The van der Waals surface area contributed by atoms with Gasteiger partial charge in [-0.15, -0.1) is 0 Å². The van der Waals surface area contributed by atoms with Gasteiger partial charge < -0.3 is 34.5 Å². The number of benzene rings is 1. The number of carbonyl (C=O) groups excluding carboxylic acids is 1. The van der Waals surface area contributed by atoms with Gasteiger partial charge in [-0.25, -0.2) is 4.79 Å². The van der Waals surface area contributed by atoms with Gasteiger partial charge in [-0.1, -0.05) is 6.07 Å². The highest BCUT2D eigenvalue weighted by Crippen LogP contribution is 2.52. The average molecular weight is 681 g/mol. The van der Waals surface area contributed by atoms with Crippen molar-refractivity contribution < 1.29 is 33.5 Å². The van der Waals surface area contributed by atoms with E-state index in [0.29, 0.717) is 0 Å². The van der Waals surface area contributed by atoms with Crippen molar-refractivity contribution in [3.63, 3.8) is 0 Å². The Balaban J connectivity index is 1.09. The second kappa shape index (κ2) is 11.4. The minimum Gasteiger partial charge on any atom is -0.485 e. The van der Waals surface area contributed by atoms with Crippen LogP contribution in [0.5, 0.6) is 5.75 Å². The number of aliphatic hydroxyl groups is 1. The van der Waals surface area contributed by atoms with Gasteiger partial charge >= 0.3 is 5.97 Å². The first-order valence-electron chi connectivity index (χ1n) is 15.5. The van der Waals surface area contributed by atoms with Crippen LogP contribution in [0.1, 0.15) is 44.6 Å². The van der Waals surface area contributed by atoms with Crippen LogP contribution in [-0.4, -0.2) is 113 Å². The number of carboxylic acids is 1. The number of fused-ring (bicyclic) bond motifs is 6. The molecule has 224 valence electrons. The Morgan fingerprint density at radius 3 is 2.37 bits per heavy atom. The van der Waals surface area contributed by atoms with Crippen LogP contribution in [0.25, 0.3) is 0 Å². The van der Waals surface area contributed by atoms with Crippen LogP contribution in [0.15, 0.2) is 29.5 Å². The standard InChI is InChI=1S/C31H44IN4O5/c1-20(37)26-28-22-6-2-7-25(27(22)29(31(39)40)34(28)30(26)38)41-24-9-8-21(19-23(24)32)5-3-11-35-13-16-36(17-14-35,18-15-35)12-4-10-33/h8-9,19-20,22,25-26,28,37H,2-7,10-18,33H2,1H3/q+1/p+1. The Kier molecular flexibility index (Phi) is 8.16. The van der Waals surface area contributed by atoms with Gasteiger partial charge in [0.25, 0.3) is 0 Å². The fraction of sp³-hybridized carbons (Fsp3) is 0.677. The maximum atomic E-state index is 12.8. The lowest BCUT2D eigenvalue weighted by Crippen LogP contribution is -2.75. The molecule has 5 atom stereocenters. The van der Waals surface area contributed by atoms with Gasteiger partial charge in [0.15, 0.2) is 0 Å². The Morgan fingerprint density at radius 2 is 1.78 bits per heavy atom. The van der Waals surface area contributed by atoms with E-state index in [2.05, 4.69) is 34.7 Å². The fourth-order valence-corrected chi connectivity index (χ4v) is 9.27. The Bertz CT molecular complexity index is 1210. The molecule has 1 aliphatic carbocycles. The van der Waals surface area contributed by atoms with E-state index in [1.807, 2.05) is 6.07 Å². The van der Waals surface area contributed by atoms with Crippen molar-refractivity contribution in [1.82, 2.24) is 4.90 Å². The molecule has 7 rings (SSSR count). The quantitative estimate of drug-likeness (QED) is 0.188. The number of halogens is 1. The lowest BCUT2D eigenvalue weighted by atomic mass is 9.71. The first-order chi connectivity index (χ1) is 19.7. The second-order valence-electron chi connectivity index (χ2n) is 13.2. The predicted octanol–water partition coefficient (Wildman–Crippen LogP) is 2.34. The van der Waals surface area contributed by atoms with Gasteiger partial charge in [-0.3, -0.25) is 4.79 Å². The number of hydrogen-bond donors (Lipinski definition) is 3. The van der Waals surface area contributed by atoms with E-state index >= 15 is 0 Å². The summed E-state index contributed by atoms with van der Waals surface area (Å²) in [6, 6.07) is 6.12. The van der Waals surface area contributed by atoms with Crippen molar-refractivity contribution in [2.75, 3.05) is 58.9 Å². The number of quaternary nitrogens is 2. The van der Waals surface area contributed by atoms with E-state index in [-0.39, 0.29) is 29.7 Å². The number of piperazine rings is 3. The number of aryl methyl sites for hydroxylation is 1. The molecule has 0 radical (unpaired) electrons. The highest BCUT2D eigenvalue weighted by Gasteiger charge is 2.62. The molecule has 0 aromatic heterocycles. The van der Waals surface area contributed by atoms with Crippen LogP contribution >= 0.6 is 22.6 Å². The molecule has 5 unspecified atom stereocenters. The molecule has 1 amide bonds. The third kappa shape index (κ3) is 5.21. The number of carboxylic acid groups (broad SMARTS) is 1. The Labute approximate surface area is 256 Å². The number of rotatable bonds is 11. The van der Waals surface area contributed by atoms with Crippen molar-refractivity contribution in [1.29, 1.82) is 0 Å². The van der Waals surface area contributed by atoms with Crippen LogP contribution < -0.4 is 10.5 Å². The highest BCUT2D eigenvalue weighted by molar-refractivity contribution is 14.1. The van der Waals surface area contributed by atoms with Crippen molar-refractivity contribution in [3.8, 4) is 5.75 Å². The highest BCUT2D eigenvalue weighted by atomic mass is 127. The zero-order valence-electron chi connectivity index (χ0n) is 24.1. The second-order valence-corrected chi connectivity index (χ2v) is 14.4. The van der Waals surface area contributed by atoms with E-state index in [1.54, 1.807) is 6.92 Å². The number of β-lactam (4-membered cyclic amide) rings is 1. The van der Waals surface area contributed by atoms with Crippen LogP contribution in [-0.2, 0) is 16.0 Å². The van der Waals surface area contributed by atoms with Crippen molar-refractivity contribution in [3.05, 3.63) is 38.6 Å². The minimum absolute atomic E-state index is 0.0734. The van der Waals surface area contributed by atoms with Gasteiger partial charge in [0, 0.05) is 24.3 Å². The van der Waals surface area contributed by atoms with Crippen LogP contribution in [0, 0.1) is 15.4 Å². The predicted molar refractivity (Wildman–Crippen MR) is 163 cm³/mol. The molecule has 41 heavy (non-hydrogen) atoms. The molecule has 10 heteroatoms. The van der Waals surface area contributed by atoms with Gasteiger partial charge in [-0.2, -0.15) is 0 Å². The minimum atomic E-state index is -1.08. The smallest absolute Gasteiger partial charge is 0.352 e. The fourth-order valence-electron chi connectivity index (χ4n) is 8.57. The SMILES string of the molecule is CC(O)C1C(=O)N2C(C(=O)O)=C3C(Oc4ccc(CCC[N+]56CC[N+](CCCN)(CC5)CC6)cc4I)CCCC3C12. The van der Waals surface area contributed by atoms with Gasteiger partial charge in [0.05, 0.1) is 34.7 Å². The lowest BCUT2D eigenvalue weighted by Gasteiger charge is -2.55. The van der Waals surface area contributed by atoms with E-state index in [9.17, 15) is 19.8 Å². The number of ether oxygens (including phenoxy) is 1. The molecule has 4 saturated heterocycles. The summed E-state index contributed by atoms with van der Waals surface area (Å²) in [5.74, 6) is -1.21. The van der Waals surface area contributed by atoms with E-state index < -0.39 is 18.0 Å². The molecule has 5 heterocycles. The normalized spacial score (nSPS) is 34.7. The molecule has 4 N–H and O–H groups in total. The molecule has 1 saturated carbocycles. The summed E-state index contributed by atoms with van der Waals surface area (Å²) < 4.78 is 10.1. The zero-order chi connectivity index (χ0) is 28.9. The molecular weight excluding hydrogens is 635 g/mol. The molecule has 1 aromatic carbocycles. The molecule has 2 bridgehead atoms. The number of aliphatic hydroxyl groups excluding tert-OH is 1. The third-order valence-corrected chi connectivity index (χ3v) is 11.8. The molecular formula is C31H45IN4O5+2. The number of aliphatic carboxylic acids is 1. The summed E-state index contributed by atoms with van der Waals surface area (Å²) in [6.45, 7) is 12.7. The molecule has 5 fully saturated rings. The Hall–Kier alpha value is -1.73. The summed E-state index contributed by atoms with van der Waals surface area (Å²) in [5, 5.41) is 20.3. The zero-order valence-corrected chi connectivity index (χ0v) is 26.3. The summed E-state index contributed by atoms with van der Waals surface area (Å²) in [6.07, 6.45) is 4.62. The monoisotopic (exact) mass is 680 g/mol.